The van der Waals surface area contributed by atoms with Gasteiger partial charge in [-0.25, -0.2) is 8.78 Å². The molecule has 1 aliphatic heterocycles. The molecule has 1 amide bonds. The van der Waals surface area contributed by atoms with Crippen molar-refractivity contribution in [1.29, 1.82) is 0 Å². The number of hydrogen-bond donors (Lipinski definition) is 1. The molecule has 1 aromatic rings. The molecule has 2 atom stereocenters. The zero-order valence-electron chi connectivity index (χ0n) is 11.0. The van der Waals surface area contributed by atoms with Crippen molar-refractivity contribution >= 4 is 5.91 Å². The van der Waals surface area contributed by atoms with Gasteiger partial charge >= 0.3 is 0 Å². The monoisotopic (exact) mass is 269 g/mol. The summed E-state index contributed by atoms with van der Waals surface area (Å²) in [7, 11) is 0. The highest BCUT2D eigenvalue weighted by molar-refractivity contribution is 5.95. The molecular formula is C14H17F2NO2. The van der Waals surface area contributed by atoms with Crippen LogP contribution < -0.4 is 0 Å². The van der Waals surface area contributed by atoms with Gasteiger partial charge in [0.1, 0.15) is 17.2 Å². The van der Waals surface area contributed by atoms with Gasteiger partial charge in [0, 0.05) is 6.54 Å². The van der Waals surface area contributed by atoms with Gasteiger partial charge in [0.25, 0.3) is 5.91 Å². The van der Waals surface area contributed by atoms with Crippen molar-refractivity contribution < 1.29 is 18.7 Å². The average Bonchev–Trinajstić information content (AvgIpc) is 2.75. The largest absolute Gasteiger partial charge is 0.394 e. The van der Waals surface area contributed by atoms with Crippen LogP contribution >= 0.6 is 0 Å². The van der Waals surface area contributed by atoms with Crippen LogP contribution in [0, 0.1) is 24.5 Å². The predicted molar refractivity (Wildman–Crippen MR) is 66.8 cm³/mol. The first-order valence-corrected chi connectivity index (χ1v) is 6.33. The summed E-state index contributed by atoms with van der Waals surface area (Å²) in [6.45, 7) is 3.62. The Balaban J connectivity index is 2.38. The first-order chi connectivity index (χ1) is 8.97. The summed E-state index contributed by atoms with van der Waals surface area (Å²) < 4.78 is 27.7. The summed E-state index contributed by atoms with van der Waals surface area (Å²) in [4.78, 5) is 13.7. The lowest BCUT2D eigenvalue weighted by molar-refractivity contribution is 0.0638. The van der Waals surface area contributed by atoms with Crippen molar-refractivity contribution in [2.75, 3.05) is 13.2 Å². The maximum atomic E-state index is 13.9. The molecule has 1 N–H and O–H groups in total. The first kappa shape index (κ1) is 13.9. The molecule has 0 radical (unpaired) electrons. The number of aliphatic hydroxyl groups is 1. The minimum Gasteiger partial charge on any atom is -0.394 e. The van der Waals surface area contributed by atoms with Crippen LogP contribution in [0.25, 0.3) is 0 Å². The fraction of sp³-hybridized carbons (Fsp3) is 0.500. The fourth-order valence-electron chi connectivity index (χ4n) is 2.54. The second kappa shape index (κ2) is 5.25. The quantitative estimate of drug-likeness (QED) is 0.893. The highest BCUT2D eigenvalue weighted by Crippen LogP contribution is 2.27. The zero-order valence-corrected chi connectivity index (χ0v) is 11.0. The van der Waals surface area contributed by atoms with E-state index in [-0.39, 0.29) is 24.1 Å². The molecule has 104 valence electrons. The number of halogens is 2. The number of rotatable bonds is 2. The van der Waals surface area contributed by atoms with Crippen LogP contribution in [0.3, 0.4) is 0 Å². The van der Waals surface area contributed by atoms with E-state index in [4.69, 9.17) is 0 Å². The Morgan fingerprint density at radius 3 is 2.79 bits per heavy atom. The Labute approximate surface area is 110 Å². The van der Waals surface area contributed by atoms with Crippen molar-refractivity contribution in [3.63, 3.8) is 0 Å². The summed E-state index contributed by atoms with van der Waals surface area (Å²) >= 11 is 0. The Morgan fingerprint density at radius 2 is 2.16 bits per heavy atom. The molecule has 2 rings (SSSR count). The van der Waals surface area contributed by atoms with Crippen LogP contribution in [-0.2, 0) is 0 Å². The van der Waals surface area contributed by atoms with E-state index in [0.29, 0.717) is 6.54 Å². The molecule has 1 aromatic carbocycles. The molecule has 19 heavy (non-hydrogen) atoms. The van der Waals surface area contributed by atoms with E-state index in [1.54, 1.807) is 0 Å². The lowest BCUT2D eigenvalue weighted by Gasteiger charge is -2.25. The number of likely N-dealkylation sites (tertiary alicyclic amines) is 1. The van der Waals surface area contributed by atoms with Gasteiger partial charge in [-0.3, -0.25) is 4.79 Å². The summed E-state index contributed by atoms with van der Waals surface area (Å²) in [6.07, 6.45) is 0.728. The van der Waals surface area contributed by atoms with Gasteiger partial charge in [0.2, 0.25) is 0 Å². The van der Waals surface area contributed by atoms with E-state index >= 15 is 0 Å². The van der Waals surface area contributed by atoms with Crippen LogP contribution in [0.2, 0.25) is 0 Å². The SMILES string of the molecule is Cc1ccc(F)c(C(=O)N2CCC(C)C2CO)c1F. The molecular weight excluding hydrogens is 252 g/mol. The summed E-state index contributed by atoms with van der Waals surface area (Å²) in [6, 6.07) is 2.03. The third-order valence-electron chi connectivity index (χ3n) is 3.83. The normalized spacial score (nSPS) is 22.9. The zero-order chi connectivity index (χ0) is 14.2. The minimum absolute atomic E-state index is 0.130. The predicted octanol–water partition coefficient (Wildman–Crippen LogP) is 2.12. The second-order valence-electron chi connectivity index (χ2n) is 5.07. The maximum Gasteiger partial charge on any atom is 0.260 e. The van der Waals surface area contributed by atoms with Gasteiger partial charge in [-0.1, -0.05) is 13.0 Å². The standard InChI is InChI=1S/C14H17F2NO2/c1-8-5-6-17(11(8)7-18)14(19)12-10(15)4-3-9(2)13(12)16/h3-4,8,11,18H,5-7H2,1-2H3. The highest BCUT2D eigenvalue weighted by atomic mass is 19.1. The lowest BCUT2D eigenvalue weighted by Crippen LogP contribution is -2.40. The summed E-state index contributed by atoms with van der Waals surface area (Å²) in [5.41, 5.74) is -0.287. The molecule has 0 aromatic heterocycles. The van der Waals surface area contributed by atoms with Gasteiger partial charge in [-0.15, -0.1) is 0 Å². The topological polar surface area (TPSA) is 40.5 Å². The molecule has 1 aliphatic rings. The van der Waals surface area contributed by atoms with Gasteiger partial charge in [-0.05, 0) is 30.9 Å². The molecule has 0 bridgehead atoms. The molecule has 5 heteroatoms. The van der Waals surface area contributed by atoms with Gasteiger partial charge < -0.3 is 10.0 Å². The van der Waals surface area contributed by atoms with Gasteiger partial charge in [0.15, 0.2) is 0 Å². The van der Waals surface area contributed by atoms with Crippen molar-refractivity contribution in [3.05, 3.63) is 34.9 Å². The number of hydrogen-bond acceptors (Lipinski definition) is 2. The van der Waals surface area contributed by atoms with Crippen LogP contribution in [0.15, 0.2) is 12.1 Å². The Bertz CT molecular complexity index is 504. The first-order valence-electron chi connectivity index (χ1n) is 6.33. The van der Waals surface area contributed by atoms with Crippen molar-refractivity contribution in [2.45, 2.75) is 26.3 Å². The second-order valence-corrected chi connectivity index (χ2v) is 5.07. The lowest BCUT2D eigenvalue weighted by atomic mass is 10.0. The van der Waals surface area contributed by atoms with Crippen LogP contribution in [0.4, 0.5) is 8.78 Å². The van der Waals surface area contributed by atoms with E-state index in [1.807, 2.05) is 6.92 Å². The number of aryl methyl sites for hydroxylation is 1. The van der Waals surface area contributed by atoms with E-state index in [2.05, 4.69) is 0 Å². The van der Waals surface area contributed by atoms with Crippen molar-refractivity contribution in [2.24, 2.45) is 5.92 Å². The molecule has 1 saturated heterocycles. The van der Waals surface area contributed by atoms with E-state index in [1.165, 1.54) is 17.9 Å². The van der Waals surface area contributed by atoms with Crippen LogP contribution in [0.1, 0.15) is 29.3 Å². The molecule has 0 aliphatic carbocycles. The summed E-state index contributed by atoms with van der Waals surface area (Å²) in [5, 5.41) is 9.31. The van der Waals surface area contributed by atoms with Gasteiger partial charge in [0.05, 0.1) is 12.6 Å². The molecule has 1 heterocycles. The molecule has 1 fully saturated rings. The van der Waals surface area contributed by atoms with Crippen molar-refractivity contribution in [3.8, 4) is 0 Å². The molecule has 0 saturated carbocycles. The van der Waals surface area contributed by atoms with E-state index in [9.17, 15) is 18.7 Å². The molecule has 3 nitrogen and oxygen atoms in total. The van der Waals surface area contributed by atoms with Gasteiger partial charge in [-0.2, -0.15) is 0 Å². The maximum absolute atomic E-state index is 13.9. The summed E-state index contributed by atoms with van der Waals surface area (Å²) in [5.74, 6) is -2.22. The Hall–Kier alpha value is -1.49. The van der Waals surface area contributed by atoms with E-state index < -0.39 is 23.1 Å². The van der Waals surface area contributed by atoms with Crippen LogP contribution in [0.5, 0.6) is 0 Å². The molecule has 0 spiro atoms. The Kier molecular flexibility index (Phi) is 3.85. The number of carbonyl (C=O) groups excluding carboxylic acids is 1. The number of amides is 1. The third-order valence-corrected chi connectivity index (χ3v) is 3.83. The smallest absolute Gasteiger partial charge is 0.260 e. The third kappa shape index (κ3) is 2.34. The Morgan fingerprint density at radius 1 is 1.47 bits per heavy atom. The number of carbonyl (C=O) groups is 1. The number of aliphatic hydroxyl groups excluding tert-OH is 1. The van der Waals surface area contributed by atoms with Crippen LogP contribution in [-0.4, -0.2) is 35.1 Å². The van der Waals surface area contributed by atoms with E-state index in [0.717, 1.165) is 12.5 Å². The van der Waals surface area contributed by atoms with Crippen molar-refractivity contribution in [1.82, 2.24) is 4.90 Å². The highest BCUT2D eigenvalue weighted by Gasteiger charge is 2.36. The molecule has 2 unspecified atom stereocenters. The average molecular weight is 269 g/mol. The number of benzene rings is 1. The minimum atomic E-state index is -0.857. The fourth-order valence-corrected chi connectivity index (χ4v) is 2.54. The number of nitrogens with zero attached hydrogens (tertiary/aromatic N) is 1.